The van der Waals surface area contributed by atoms with Crippen LogP contribution in [0.2, 0.25) is 0 Å². The summed E-state index contributed by atoms with van der Waals surface area (Å²) in [7, 11) is 0. The molecule has 0 amide bonds. The van der Waals surface area contributed by atoms with Crippen molar-refractivity contribution in [2.75, 3.05) is 19.8 Å². The Morgan fingerprint density at radius 3 is 2.33 bits per heavy atom. The number of rotatable bonds is 9. The van der Waals surface area contributed by atoms with Crippen molar-refractivity contribution in [2.45, 2.75) is 39.7 Å². The molecule has 3 heteroatoms. The Balaban J connectivity index is 2.28. The summed E-state index contributed by atoms with van der Waals surface area (Å²) < 4.78 is 11.1. The Hall–Kier alpha value is -1.22. The predicted molar refractivity (Wildman–Crippen MR) is 75.5 cm³/mol. The molecule has 0 saturated carbocycles. The van der Waals surface area contributed by atoms with Gasteiger partial charge in [0.25, 0.3) is 0 Å². The first-order valence-corrected chi connectivity index (χ1v) is 6.89. The summed E-state index contributed by atoms with van der Waals surface area (Å²) >= 11 is 0. The van der Waals surface area contributed by atoms with Gasteiger partial charge in [-0.2, -0.15) is 0 Å². The van der Waals surface area contributed by atoms with Crippen molar-refractivity contribution in [3.63, 3.8) is 0 Å². The van der Waals surface area contributed by atoms with Crippen LogP contribution < -0.4 is 14.8 Å². The van der Waals surface area contributed by atoms with Crippen molar-refractivity contribution in [3.05, 3.63) is 24.3 Å². The van der Waals surface area contributed by atoms with Crippen molar-refractivity contribution >= 4 is 0 Å². The van der Waals surface area contributed by atoms with Gasteiger partial charge in [-0.05, 0) is 31.9 Å². The Morgan fingerprint density at radius 2 is 1.72 bits per heavy atom. The third-order valence-corrected chi connectivity index (χ3v) is 2.91. The molecule has 0 heterocycles. The van der Waals surface area contributed by atoms with E-state index >= 15 is 0 Å². The highest BCUT2D eigenvalue weighted by molar-refractivity contribution is 5.32. The zero-order chi connectivity index (χ0) is 13.2. The second kappa shape index (κ2) is 8.81. The minimum Gasteiger partial charge on any atom is -0.494 e. The number of hydrogen-bond donors (Lipinski definition) is 1. The van der Waals surface area contributed by atoms with E-state index in [2.05, 4.69) is 19.2 Å². The average molecular weight is 251 g/mol. The van der Waals surface area contributed by atoms with Crippen LogP contribution in [0.1, 0.15) is 33.6 Å². The Kier molecular flexibility index (Phi) is 7.26. The third-order valence-electron chi connectivity index (χ3n) is 2.91. The molecule has 0 spiro atoms. The van der Waals surface area contributed by atoms with Gasteiger partial charge in [0.15, 0.2) is 0 Å². The van der Waals surface area contributed by atoms with E-state index in [1.165, 1.54) is 0 Å². The fourth-order valence-corrected chi connectivity index (χ4v) is 1.83. The molecule has 3 nitrogen and oxygen atoms in total. The van der Waals surface area contributed by atoms with Gasteiger partial charge in [0, 0.05) is 18.7 Å². The molecule has 18 heavy (non-hydrogen) atoms. The van der Waals surface area contributed by atoms with Gasteiger partial charge in [0.2, 0.25) is 0 Å². The molecule has 0 unspecified atom stereocenters. The summed E-state index contributed by atoms with van der Waals surface area (Å²) in [6, 6.07) is 8.39. The van der Waals surface area contributed by atoms with Crippen molar-refractivity contribution < 1.29 is 9.47 Å². The first kappa shape index (κ1) is 14.8. The smallest absolute Gasteiger partial charge is 0.123 e. The molecule has 0 radical (unpaired) electrons. The van der Waals surface area contributed by atoms with Gasteiger partial charge in [-0.1, -0.05) is 19.9 Å². The van der Waals surface area contributed by atoms with Crippen LogP contribution in [-0.2, 0) is 0 Å². The Morgan fingerprint density at radius 1 is 1.06 bits per heavy atom. The van der Waals surface area contributed by atoms with Crippen molar-refractivity contribution in [1.29, 1.82) is 0 Å². The van der Waals surface area contributed by atoms with Crippen molar-refractivity contribution in [2.24, 2.45) is 0 Å². The quantitative estimate of drug-likeness (QED) is 0.683. The van der Waals surface area contributed by atoms with Crippen LogP contribution in [0.5, 0.6) is 11.5 Å². The summed E-state index contributed by atoms with van der Waals surface area (Å²) in [6.07, 6.45) is 2.33. The molecule has 1 N–H and O–H groups in total. The molecule has 102 valence electrons. The summed E-state index contributed by atoms with van der Waals surface area (Å²) in [5.74, 6) is 1.73. The SMILES string of the molecule is CCOc1cccc(OCCNC(CC)CC)c1. The minimum absolute atomic E-state index is 0.600. The zero-order valence-electron chi connectivity index (χ0n) is 11.7. The Bertz CT molecular complexity index is 324. The number of nitrogens with one attached hydrogen (secondary N) is 1. The van der Waals surface area contributed by atoms with Crippen LogP contribution in [0.25, 0.3) is 0 Å². The van der Waals surface area contributed by atoms with E-state index in [-0.39, 0.29) is 0 Å². The lowest BCUT2D eigenvalue weighted by Gasteiger charge is -2.15. The maximum atomic E-state index is 5.69. The lowest BCUT2D eigenvalue weighted by molar-refractivity contribution is 0.297. The number of hydrogen-bond acceptors (Lipinski definition) is 3. The standard InChI is InChI=1S/C15H25NO2/c1-4-13(5-2)16-10-11-18-15-9-7-8-14(12-15)17-6-3/h7-9,12-13,16H,4-6,10-11H2,1-3H3. The van der Waals surface area contributed by atoms with E-state index in [0.29, 0.717) is 19.3 Å². The molecular weight excluding hydrogens is 226 g/mol. The van der Waals surface area contributed by atoms with Gasteiger partial charge < -0.3 is 14.8 Å². The van der Waals surface area contributed by atoms with E-state index in [1.54, 1.807) is 0 Å². The lowest BCUT2D eigenvalue weighted by atomic mass is 10.2. The average Bonchev–Trinajstić information content (AvgIpc) is 2.40. The highest BCUT2D eigenvalue weighted by Gasteiger charge is 2.01. The molecule has 1 aromatic carbocycles. The van der Waals surface area contributed by atoms with E-state index in [1.807, 2.05) is 31.2 Å². The van der Waals surface area contributed by atoms with Crippen molar-refractivity contribution in [3.8, 4) is 11.5 Å². The van der Waals surface area contributed by atoms with E-state index < -0.39 is 0 Å². The maximum Gasteiger partial charge on any atom is 0.123 e. The molecule has 0 bridgehead atoms. The van der Waals surface area contributed by atoms with Crippen LogP contribution in [0.15, 0.2) is 24.3 Å². The van der Waals surface area contributed by atoms with Crippen molar-refractivity contribution in [1.82, 2.24) is 5.32 Å². The highest BCUT2D eigenvalue weighted by atomic mass is 16.5. The van der Waals surface area contributed by atoms with Crippen LogP contribution in [0.3, 0.4) is 0 Å². The number of ether oxygens (including phenoxy) is 2. The Labute approximate surface area is 110 Å². The van der Waals surface area contributed by atoms with E-state index in [0.717, 1.165) is 30.9 Å². The molecule has 0 atom stereocenters. The molecular formula is C15H25NO2. The van der Waals surface area contributed by atoms with Gasteiger partial charge in [0.1, 0.15) is 18.1 Å². The van der Waals surface area contributed by atoms with Gasteiger partial charge in [-0.3, -0.25) is 0 Å². The summed E-state index contributed by atoms with van der Waals surface area (Å²) in [6.45, 7) is 8.63. The van der Waals surface area contributed by atoms with Crippen LogP contribution in [0.4, 0.5) is 0 Å². The minimum atomic E-state index is 0.600. The van der Waals surface area contributed by atoms with E-state index in [4.69, 9.17) is 9.47 Å². The van der Waals surface area contributed by atoms with E-state index in [9.17, 15) is 0 Å². The van der Waals surface area contributed by atoms with Crippen LogP contribution in [0, 0.1) is 0 Å². The van der Waals surface area contributed by atoms with Gasteiger partial charge >= 0.3 is 0 Å². The van der Waals surface area contributed by atoms with Crippen LogP contribution in [-0.4, -0.2) is 25.8 Å². The first-order chi connectivity index (χ1) is 8.80. The molecule has 1 rings (SSSR count). The lowest BCUT2D eigenvalue weighted by Crippen LogP contribution is -2.31. The molecule has 0 aromatic heterocycles. The van der Waals surface area contributed by atoms with Gasteiger partial charge in [0.05, 0.1) is 6.61 Å². The molecule has 0 fully saturated rings. The second-order valence-electron chi connectivity index (χ2n) is 4.22. The fraction of sp³-hybridized carbons (Fsp3) is 0.600. The number of benzene rings is 1. The van der Waals surface area contributed by atoms with Gasteiger partial charge in [-0.25, -0.2) is 0 Å². The summed E-state index contributed by atoms with van der Waals surface area (Å²) in [5.41, 5.74) is 0. The highest BCUT2D eigenvalue weighted by Crippen LogP contribution is 2.19. The summed E-state index contributed by atoms with van der Waals surface area (Å²) in [4.78, 5) is 0. The topological polar surface area (TPSA) is 30.5 Å². The molecule has 0 saturated heterocycles. The molecule has 0 aliphatic heterocycles. The fourth-order valence-electron chi connectivity index (χ4n) is 1.83. The predicted octanol–water partition coefficient (Wildman–Crippen LogP) is 3.24. The maximum absolute atomic E-state index is 5.69. The monoisotopic (exact) mass is 251 g/mol. The molecule has 0 aliphatic carbocycles. The van der Waals surface area contributed by atoms with Gasteiger partial charge in [-0.15, -0.1) is 0 Å². The molecule has 1 aromatic rings. The largest absolute Gasteiger partial charge is 0.494 e. The molecule has 0 aliphatic rings. The van der Waals surface area contributed by atoms with Crippen LogP contribution >= 0.6 is 0 Å². The third kappa shape index (κ3) is 5.41. The second-order valence-corrected chi connectivity index (χ2v) is 4.22. The summed E-state index contributed by atoms with van der Waals surface area (Å²) in [5, 5.41) is 3.47. The first-order valence-electron chi connectivity index (χ1n) is 6.89. The zero-order valence-corrected chi connectivity index (χ0v) is 11.7. The normalized spacial score (nSPS) is 10.7.